The van der Waals surface area contributed by atoms with E-state index in [0.717, 1.165) is 11.1 Å². The van der Waals surface area contributed by atoms with Crippen molar-refractivity contribution in [1.82, 2.24) is 9.78 Å². The van der Waals surface area contributed by atoms with Gasteiger partial charge in [-0.2, -0.15) is 5.10 Å². The van der Waals surface area contributed by atoms with Crippen LogP contribution in [-0.2, 0) is 16.6 Å². The third-order valence-corrected chi connectivity index (χ3v) is 4.23. The zero-order chi connectivity index (χ0) is 18.8. The van der Waals surface area contributed by atoms with Gasteiger partial charge >= 0.3 is 5.97 Å². The molecule has 1 amide bonds. The number of benzene rings is 2. The van der Waals surface area contributed by atoms with Gasteiger partial charge in [0.1, 0.15) is 11.3 Å². The summed E-state index contributed by atoms with van der Waals surface area (Å²) in [7, 11) is 1.78. The lowest BCUT2D eigenvalue weighted by molar-refractivity contribution is -0.119. The number of aromatic hydroxyl groups is 1. The fourth-order valence-corrected chi connectivity index (χ4v) is 2.76. The van der Waals surface area contributed by atoms with Crippen molar-refractivity contribution in [3.63, 3.8) is 0 Å². The second-order valence-electron chi connectivity index (χ2n) is 5.98. The minimum absolute atomic E-state index is 0.0187. The molecule has 0 aliphatic rings. The highest BCUT2D eigenvalue weighted by atomic mass is 16.5. The summed E-state index contributed by atoms with van der Waals surface area (Å²) in [6.45, 7) is 3.15. The Balaban J connectivity index is 1.69. The van der Waals surface area contributed by atoms with E-state index in [0.29, 0.717) is 16.8 Å². The van der Waals surface area contributed by atoms with Crippen LogP contribution in [0.3, 0.4) is 0 Å². The molecular formula is C19H19N3O4. The Labute approximate surface area is 150 Å². The zero-order valence-electron chi connectivity index (χ0n) is 14.7. The van der Waals surface area contributed by atoms with Crippen LogP contribution in [-0.4, -0.2) is 33.4 Å². The zero-order valence-corrected chi connectivity index (χ0v) is 14.7. The molecule has 3 rings (SSSR count). The summed E-state index contributed by atoms with van der Waals surface area (Å²) in [5.74, 6) is -1.40. The van der Waals surface area contributed by atoms with E-state index < -0.39 is 18.5 Å². The number of ether oxygens (including phenoxy) is 1. The number of phenolic OH excluding ortho intramolecular Hbond substituents is 1. The normalized spacial score (nSPS) is 10.7. The molecule has 0 atom stereocenters. The highest BCUT2D eigenvalue weighted by Gasteiger charge is 2.18. The van der Waals surface area contributed by atoms with Crippen LogP contribution in [0.2, 0.25) is 0 Å². The van der Waals surface area contributed by atoms with Crippen LogP contribution in [0.5, 0.6) is 5.75 Å². The molecule has 0 saturated heterocycles. The highest BCUT2D eigenvalue weighted by Crippen LogP contribution is 2.29. The lowest BCUT2D eigenvalue weighted by Gasteiger charge is -2.09. The van der Waals surface area contributed by atoms with Crippen LogP contribution in [0.4, 0.5) is 5.69 Å². The summed E-state index contributed by atoms with van der Waals surface area (Å²) in [4.78, 5) is 24.3. The summed E-state index contributed by atoms with van der Waals surface area (Å²) >= 11 is 0. The van der Waals surface area contributed by atoms with Gasteiger partial charge in [0.2, 0.25) is 0 Å². The molecule has 0 saturated carbocycles. The number of hydrogen-bond donors (Lipinski definition) is 2. The second-order valence-corrected chi connectivity index (χ2v) is 5.98. The van der Waals surface area contributed by atoms with Crippen LogP contribution in [0.25, 0.3) is 10.8 Å². The largest absolute Gasteiger partial charge is 0.506 e. The third-order valence-electron chi connectivity index (χ3n) is 4.23. The molecule has 1 aromatic heterocycles. The van der Waals surface area contributed by atoms with Gasteiger partial charge in [-0.15, -0.1) is 0 Å². The lowest BCUT2D eigenvalue weighted by atomic mass is 10.1. The number of rotatable bonds is 4. The highest BCUT2D eigenvalue weighted by molar-refractivity contribution is 6.02. The van der Waals surface area contributed by atoms with Crippen molar-refractivity contribution in [3.05, 3.63) is 53.3 Å². The number of aryl methyl sites for hydroxylation is 2. The molecule has 0 fully saturated rings. The minimum atomic E-state index is -0.761. The Kier molecular flexibility index (Phi) is 4.62. The Morgan fingerprint density at radius 2 is 1.92 bits per heavy atom. The lowest BCUT2D eigenvalue weighted by Crippen LogP contribution is -2.21. The molecule has 0 bridgehead atoms. The van der Waals surface area contributed by atoms with Gasteiger partial charge in [-0.05, 0) is 25.3 Å². The average Bonchev–Trinajstić information content (AvgIpc) is 2.86. The van der Waals surface area contributed by atoms with Gasteiger partial charge in [0.15, 0.2) is 6.61 Å². The van der Waals surface area contributed by atoms with E-state index in [9.17, 15) is 14.7 Å². The van der Waals surface area contributed by atoms with E-state index in [4.69, 9.17) is 4.74 Å². The smallest absolute Gasteiger partial charge is 0.342 e. The second kappa shape index (κ2) is 6.87. The van der Waals surface area contributed by atoms with Crippen molar-refractivity contribution in [2.45, 2.75) is 13.8 Å². The monoisotopic (exact) mass is 353 g/mol. The van der Waals surface area contributed by atoms with E-state index in [1.165, 1.54) is 6.07 Å². The maximum Gasteiger partial charge on any atom is 0.342 e. The van der Waals surface area contributed by atoms with Gasteiger partial charge in [-0.3, -0.25) is 9.48 Å². The Hall–Kier alpha value is -3.35. The molecule has 2 aromatic carbocycles. The molecule has 2 N–H and O–H groups in total. The Morgan fingerprint density at radius 1 is 1.19 bits per heavy atom. The van der Waals surface area contributed by atoms with Gasteiger partial charge in [-0.1, -0.05) is 30.3 Å². The van der Waals surface area contributed by atoms with Crippen LogP contribution in [0.1, 0.15) is 21.7 Å². The van der Waals surface area contributed by atoms with E-state index in [-0.39, 0.29) is 11.3 Å². The topological polar surface area (TPSA) is 93.5 Å². The molecule has 0 aliphatic heterocycles. The standard InChI is InChI=1S/C19H19N3O4/c1-11-17(12(2)22(3)21-11)20-16(23)10-26-19(25)15-9-8-13-6-4-5-7-14(13)18(15)24/h4-9,24H,10H2,1-3H3,(H,20,23). The molecule has 26 heavy (non-hydrogen) atoms. The van der Waals surface area contributed by atoms with Gasteiger partial charge < -0.3 is 15.2 Å². The molecule has 7 nitrogen and oxygen atoms in total. The van der Waals surface area contributed by atoms with Gasteiger partial charge in [0.05, 0.1) is 17.1 Å². The number of phenols is 1. The average molecular weight is 353 g/mol. The fraction of sp³-hybridized carbons (Fsp3) is 0.211. The van der Waals surface area contributed by atoms with Crippen molar-refractivity contribution >= 4 is 28.3 Å². The van der Waals surface area contributed by atoms with Gasteiger partial charge in [-0.25, -0.2) is 4.79 Å². The van der Waals surface area contributed by atoms with E-state index >= 15 is 0 Å². The summed E-state index contributed by atoms with van der Waals surface area (Å²) in [5, 5.41) is 18.5. The number of aromatic nitrogens is 2. The van der Waals surface area contributed by atoms with Gasteiger partial charge in [0, 0.05) is 12.4 Å². The molecule has 0 spiro atoms. The molecule has 134 valence electrons. The molecule has 0 aliphatic carbocycles. The summed E-state index contributed by atoms with van der Waals surface area (Å²) in [5.41, 5.74) is 2.10. The number of amides is 1. The van der Waals surface area contributed by atoms with Crippen LogP contribution < -0.4 is 5.32 Å². The first-order chi connectivity index (χ1) is 12.4. The molecule has 3 aromatic rings. The van der Waals surface area contributed by atoms with E-state index in [2.05, 4.69) is 10.4 Å². The number of esters is 1. The predicted molar refractivity (Wildman–Crippen MR) is 97.2 cm³/mol. The van der Waals surface area contributed by atoms with Crippen LogP contribution >= 0.6 is 0 Å². The molecular weight excluding hydrogens is 334 g/mol. The van der Waals surface area contributed by atoms with Gasteiger partial charge in [0.25, 0.3) is 5.91 Å². The number of anilines is 1. The first-order valence-corrected chi connectivity index (χ1v) is 8.06. The van der Waals surface area contributed by atoms with Crippen molar-refractivity contribution in [2.24, 2.45) is 7.05 Å². The number of nitrogens with zero attached hydrogens (tertiary/aromatic N) is 2. The number of fused-ring (bicyclic) bond motifs is 1. The molecule has 1 heterocycles. The number of carbonyl (C=O) groups excluding carboxylic acids is 2. The first-order valence-electron chi connectivity index (χ1n) is 8.06. The van der Waals surface area contributed by atoms with Crippen molar-refractivity contribution in [3.8, 4) is 5.75 Å². The third kappa shape index (κ3) is 3.23. The summed E-state index contributed by atoms with van der Waals surface area (Å²) in [6.07, 6.45) is 0. The number of carbonyl (C=O) groups is 2. The maximum atomic E-state index is 12.2. The summed E-state index contributed by atoms with van der Waals surface area (Å²) in [6, 6.07) is 10.3. The minimum Gasteiger partial charge on any atom is -0.506 e. The Bertz CT molecular complexity index is 1010. The fourth-order valence-electron chi connectivity index (χ4n) is 2.76. The van der Waals surface area contributed by atoms with Crippen LogP contribution in [0.15, 0.2) is 36.4 Å². The number of nitrogens with one attached hydrogen (secondary N) is 1. The maximum absolute atomic E-state index is 12.2. The molecule has 0 radical (unpaired) electrons. The van der Waals surface area contributed by atoms with Crippen molar-refractivity contribution in [1.29, 1.82) is 0 Å². The number of hydrogen-bond acceptors (Lipinski definition) is 5. The Morgan fingerprint density at radius 3 is 2.62 bits per heavy atom. The molecule has 7 heteroatoms. The van der Waals surface area contributed by atoms with Crippen LogP contribution in [0, 0.1) is 13.8 Å². The van der Waals surface area contributed by atoms with Crippen molar-refractivity contribution < 1.29 is 19.4 Å². The quantitative estimate of drug-likeness (QED) is 0.704. The molecule has 0 unspecified atom stereocenters. The van der Waals surface area contributed by atoms with Crippen molar-refractivity contribution in [2.75, 3.05) is 11.9 Å². The van der Waals surface area contributed by atoms with E-state index in [1.54, 1.807) is 36.9 Å². The van der Waals surface area contributed by atoms with E-state index in [1.807, 2.05) is 19.1 Å². The SMILES string of the molecule is Cc1nn(C)c(C)c1NC(=O)COC(=O)c1ccc2ccccc2c1O. The predicted octanol–water partition coefficient (Wildman–Crippen LogP) is 2.69. The first kappa shape index (κ1) is 17.5. The summed E-state index contributed by atoms with van der Waals surface area (Å²) < 4.78 is 6.70.